The molecule has 0 saturated heterocycles. The highest BCUT2D eigenvalue weighted by molar-refractivity contribution is 5.80. The molecule has 1 amide bonds. The summed E-state index contributed by atoms with van der Waals surface area (Å²) in [7, 11) is 0. The lowest BCUT2D eigenvalue weighted by Crippen LogP contribution is -2.32. The SMILES string of the molecule is CC(C)CC(O)CNC(=O)CCC(=O)O. The number of rotatable bonds is 7. The van der Waals surface area contributed by atoms with Crippen molar-refractivity contribution in [1.29, 1.82) is 0 Å². The average molecular weight is 217 g/mol. The first-order valence-electron chi connectivity index (χ1n) is 5.08. The zero-order chi connectivity index (χ0) is 11.8. The lowest BCUT2D eigenvalue weighted by molar-refractivity contribution is -0.138. The summed E-state index contributed by atoms with van der Waals surface area (Å²) < 4.78 is 0. The molecule has 1 unspecified atom stereocenters. The Morgan fingerprint density at radius 2 is 1.87 bits per heavy atom. The van der Waals surface area contributed by atoms with E-state index < -0.39 is 12.1 Å². The maximum absolute atomic E-state index is 11.1. The number of aliphatic hydroxyl groups is 1. The summed E-state index contributed by atoms with van der Waals surface area (Å²) in [4.78, 5) is 21.2. The Bertz CT molecular complexity index is 215. The summed E-state index contributed by atoms with van der Waals surface area (Å²) in [6.07, 6.45) is -0.145. The van der Waals surface area contributed by atoms with Gasteiger partial charge < -0.3 is 15.5 Å². The second-order valence-corrected chi connectivity index (χ2v) is 3.98. The Hall–Kier alpha value is -1.10. The number of hydrogen-bond donors (Lipinski definition) is 3. The highest BCUT2D eigenvalue weighted by Crippen LogP contribution is 2.03. The number of amides is 1. The number of carbonyl (C=O) groups is 2. The first-order valence-corrected chi connectivity index (χ1v) is 5.08. The van der Waals surface area contributed by atoms with Crippen LogP contribution < -0.4 is 5.32 Å². The normalized spacial score (nSPS) is 12.5. The van der Waals surface area contributed by atoms with Crippen LogP contribution in [-0.4, -0.2) is 34.7 Å². The largest absolute Gasteiger partial charge is 0.481 e. The molecular weight excluding hydrogens is 198 g/mol. The topological polar surface area (TPSA) is 86.6 Å². The molecule has 88 valence electrons. The summed E-state index contributed by atoms with van der Waals surface area (Å²) in [5.41, 5.74) is 0. The van der Waals surface area contributed by atoms with Crippen LogP contribution in [0.1, 0.15) is 33.1 Å². The molecule has 0 fully saturated rings. The Morgan fingerprint density at radius 1 is 1.27 bits per heavy atom. The molecule has 0 spiro atoms. The minimum atomic E-state index is -0.993. The molecule has 0 saturated carbocycles. The predicted molar refractivity (Wildman–Crippen MR) is 55.3 cm³/mol. The van der Waals surface area contributed by atoms with Crippen molar-refractivity contribution in [2.24, 2.45) is 5.92 Å². The first kappa shape index (κ1) is 13.9. The van der Waals surface area contributed by atoms with Gasteiger partial charge in [0.15, 0.2) is 0 Å². The minimum absolute atomic E-state index is 0.0380. The maximum atomic E-state index is 11.1. The number of carboxylic acid groups (broad SMARTS) is 1. The summed E-state index contributed by atoms with van der Waals surface area (Å²) >= 11 is 0. The van der Waals surface area contributed by atoms with E-state index in [0.717, 1.165) is 0 Å². The number of nitrogens with one attached hydrogen (secondary N) is 1. The number of aliphatic carboxylic acids is 1. The van der Waals surface area contributed by atoms with Crippen molar-refractivity contribution in [2.75, 3.05) is 6.54 Å². The van der Waals surface area contributed by atoms with Crippen molar-refractivity contribution in [1.82, 2.24) is 5.32 Å². The van der Waals surface area contributed by atoms with Crippen molar-refractivity contribution in [3.05, 3.63) is 0 Å². The third kappa shape index (κ3) is 9.21. The van der Waals surface area contributed by atoms with E-state index in [4.69, 9.17) is 5.11 Å². The van der Waals surface area contributed by atoms with E-state index >= 15 is 0 Å². The molecular formula is C10H19NO4. The Morgan fingerprint density at radius 3 is 2.33 bits per heavy atom. The molecule has 15 heavy (non-hydrogen) atoms. The van der Waals surface area contributed by atoms with Gasteiger partial charge in [0, 0.05) is 13.0 Å². The van der Waals surface area contributed by atoms with Gasteiger partial charge in [-0.3, -0.25) is 9.59 Å². The third-order valence-corrected chi connectivity index (χ3v) is 1.84. The Kier molecular flexibility index (Phi) is 6.70. The summed E-state index contributed by atoms with van der Waals surface area (Å²) in [6, 6.07) is 0. The fourth-order valence-electron chi connectivity index (χ4n) is 1.17. The monoisotopic (exact) mass is 217 g/mol. The quantitative estimate of drug-likeness (QED) is 0.575. The van der Waals surface area contributed by atoms with E-state index in [0.29, 0.717) is 12.3 Å². The number of carboxylic acids is 1. The second-order valence-electron chi connectivity index (χ2n) is 3.98. The summed E-state index contributed by atoms with van der Waals surface area (Å²) in [6.45, 7) is 4.15. The molecule has 0 bridgehead atoms. The molecule has 5 nitrogen and oxygen atoms in total. The standard InChI is InChI=1S/C10H19NO4/c1-7(2)5-8(12)6-11-9(13)3-4-10(14)15/h7-8,12H,3-6H2,1-2H3,(H,11,13)(H,14,15). The molecule has 0 aliphatic heterocycles. The van der Waals surface area contributed by atoms with Crippen molar-refractivity contribution in [2.45, 2.75) is 39.2 Å². The van der Waals surface area contributed by atoms with E-state index in [-0.39, 0.29) is 25.3 Å². The molecule has 0 radical (unpaired) electrons. The highest BCUT2D eigenvalue weighted by atomic mass is 16.4. The summed E-state index contributed by atoms with van der Waals surface area (Å²) in [5.74, 6) is -0.955. The molecule has 0 rings (SSSR count). The molecule has 0 heterocycles. The highest BCUT2D eigenvalue weighted by Gasteiger charge is 2.09. The van der Waals surface area contributed by atoms with E-state index in [1.165, 1.54) is 0 Å². The second kappa shape index (κ2) is 7.23. The van der Waals surface area contributed by atoms with Crippen molar-refractivity contribution in [3.63, 3.8) is 0 Å². The van der Waals surface area contributed by atoms with Gasteiger partial charge in [-0.1, -0.05) is 13.8 Å². The summed E-state index contributed by atoms with van der Waals surface area (Å²) in [5, 5.41) is 20.2. The van der Waals surface area contributed by atoms with Crippen molar-refractivity contribution >= 4 is 11.9 Å². The zero-order valence-corrected chi connectivity index (χ0v) is 9.19. The molecule has 0 aromatic heterocycles. The van der Waals surface area contributed by atoms with E-state index in [1.807, 2.05) is 13.8 Å². The number of hydrogen-bond acceptors (Lipinski definition) is 3. The molecule has 0 aromatic rings. The van der Waals surface area contributed by atoms with Crippen molar-refractivity contribution in [3.8, 4) is 0 Å². The van der Waals surface area contributed by atoms with Crippen LogP contribution in [0.25, 0.3) is 0 Å². The van der Waals surface area contributed by atoms with Crippen LogP contribution in [0.3, 0.4) is 0 Å². The molecule has 3 N–H and O–H groups in total. The molecule has 0 aromatic carbocycles. The van der Waals surface area contributed by atoms with Gasteiger partial charge in [-0.25, -0.2) is 0 Å². The Balaban J connectivity index is 3.57. The van der Waals surface area contributed by atoms with E-state index in [9.17, 15) is 14.7 Å². The fraction of sp³-hybridized carbons (Fsp3) is 0.800. The number of carbonyl (C=O) groups excluding carboxylic acids is 1. The minimum Gasteiger partial charge on any atom is -0.481 e. The molecule has 1 atom stereocenters. The van der Waals surface area contributed by atoms with Crippen LogP contribution in [0, 0.1) is 5.92 Å². The van der Waals surface area contributed by atoms with Gasteiger partial charge in [0.05, 0.1) is 12.5 Å². The van der Waals surface area contributed by atoms with Crippen LogP contribution in [-0.2, 0) is 9.59 Å². The van der Waals surface area contributed by atoms with E-state index in [1.54, 1.807) is 0 Å². The van der Waals surface area contributed by atoms with Crippen LogP contribution in [0.15, 0.2) is 0 Å². The average Bonchev–Trinajstić information content (AvgIpc) is 2.10. The fourth-order valence-corrected chi connectivity index (χ4v) is 1.17. The maximum Gasteiger partial charge on any atom is 0.303 e. The van der Waals surface area contributed by atoms with Gasteiger partial charge >= 0.3 is 5.97 Å². The smallest absolute Gasteiger partial charge is 0.303 e. The predicted octanol–water partition coefficient (Wildman–Crippen LogP) is 0.374. The van der Waals surface area contributed by atoms with Gasteiger partial charge in [0.1, 0.15) is 0 Å². The van der Waals surface area contributed by atoms with Gasteiger partial charge in [-0.15, -0.1) is 0 Å². The van der Waals surface area contributed by atoms with E-state index in [2.05, 4.69) is 5.32 Å². The van der Waals surface area contributed by atoms with Gasteiger partial charge in [0.2, 0.25) is 5.91 Å². The molecule has 5 heteroatoms. The lowest BCUT2D eigenvalue weighted by Gasteiger charge is -2.13. The number of aliphatic hydroxyl groups excluding tert-OH is 1. The van der Waals surface area contributed by atoms with Crippen LogP contribution in [0.4, 0.5) is 0 Å². The van der Waals surface area contributed by atoms with Crippen LogP contribution in [0.5, 0.6) is 0 Å². The lowest BCUT2D eigenvalue weighted by atomic mass is 10.1. The third-order valence-electron chi connectivity index (χ3n) is 1.84. The molecule has 0 aliphatic rings. The van der Waals surface area contributed by atoms with Gasteiger partial charge in [0.25, 0.3) is 0 Å². The van der Waals surface area contributed by atoms with Crippen LogP contribution >= 0.6 is 0 Å². The van der Waals surface area contributed by atoms with Gasteiger partial charge in [-0.2, -0.15) is 0 Å². The molecule has 0 aliphatic carbocycles. The van der Waals surface area contributed by atoms with Crippen LogP contribution in [0.2, 0.25) is 0 Å². The zero-order valence-electron chi connectivity index (χ0n) is 9.19. The van der Waals surface area contributed by atoms with Crippen molar-refractivity contribution < 1.29 is 19.8 Å². The Labute approximate surface area is 89.5 Å². The van der Waals surface area contributed by atoms with Gasteiger partial charge in [-0.05, 0) is 12.3 Å². The first-order chi connectivity index (χ1) is 6.91.